The lowest BCUT2D eigenvalue weighted by Gasteiger charge is -2.23. The van der Waals surface area contributed by atoms with E-state index in [1.165, 1.54) is 0 Å². The summed E-state index contributed by atoms with van der Waals surface area (Å²) < 4.78 is 10.6. The maximum Gasteiger partial charge on any atom is 0.144 e. The number of nitrogen functional groups attached to an aromatic ring is 1. The Kier molecular flexibility index (Phi) is 5.63. The molecular weight excluding hydrogens is 216 g/mol. The van der Waals surface area contributed by atoms with Crippen molar-refractivity contribution in [3.63, 3.8) is 0 Å². The smallest absolute Gasteiger partial charge is 0.144 e. The predicted octanol–water partition coefficient (Wildman–Crippen LogP) is 2.14. The second-order valence-electron chi connectivity index (χ2n) is 3.73. The number of hydrogen-bond donors (Lipinski definition) is 1. The molecule has 0 radical (unpaired) electrons. The van der Waals surface area contributed by atoms with Crippen LogP contribution in [0.5, 0.6) is 5.75 Å². The van der Waals surface area contributed by atoms with Crippen LogP contribution >= 0.6 is 0 Å². The van der Waals surface area contributed by atoms with Gasteiger partial charge in [-0.1, -0.05) is 0 Å². The van der Waals surface area contributed by atoms with Gasteiger partial charge in [0, 0.05) is 32.0 Å². The number of likely N-dealkylation sites (N-methyl/N-ethyl adjacent to an activating group) is 1. The third kappa shape index (κ3) is 3.82. The molecule has 0 aliphatic heterocycles. The SMILES string of the molecule is CCOc1cc(N(CC)CCOC)ccc1N. The molecule has 0 bridgehead atoms. The molecule has 0 aromatic heterocycles. The molecule has 0 saturated heterocycles. The van der Waals surface area contributed by atoms with Gasteiger partial charge in [0.2, 0.25) is 0 Å². The van der Waals surface area contributed by atoms with Crippen molar-refractivity contribution in [3.05, 3.63) is 18.2 Å². The zero-order valence-electron chi connectivity index (χ0n) is 10.9. The Hall–Kier alpha value is -1.42. The van der Waals surface area contributed by atoms with Crippen LogP contribution in [-0.2, 0) is 4.74 Å². The largest absolute Gasteiger partial charge is 0.492 e. The summed E-state index contributed by atoms with van der Waals surface area (Å²) in [5, 5.41) is 0. The lowest BCUT2D eigenvalue weighted by Crippen LogP contribution is -2.26. The Morgan fingerprint density at radius 1 is 1.29 bits per heavy atom. The van der Waals surface area contributed by atoms with E-state index in [9.17, 15) is 0 Å². The average Bonchev–Trinajstić information content (AvgIpc) is 2.34. The number of hydrogen-bond acceptors (Lipinski definition) is 4. The van der Waals surface area contributed by atoms with E-state index in [4.69, 9.17) is 15.2 Å². The average molecular weight is 238 g/mol. The molecule has 0 saturated carbocycles. The van der Waals surface area contributed by atoms with Crippen LogP contribution in [0, 0.1) is 0 Å². The van der Waals surface area contributed by atoms with Gasteiger partial charge < -0.3 is 20.1 Å². The van der Waals surface area contributed by atoms with Gasteiger partial charge in [0.25, 0.3) is 0 Å². The first-order valence-electron chi connectivity index (χ1n) is 5.99. The number of methoxy groups -OCH3 is 1. The summed E-state index contributed by atoms with van der Waals surface area (Å²) >= 11 is 0. The highest BCUT2D eigenvalue weighted by atomic mass is 16.5. The molecule has 1 aromatic carbocycles. The van der Waals surface area contributed by atoms with Gasteiger partial charge in [-0.15, -0.1) is 0 Å². The fourth-order valence-corrected chi connectivity index (χ4v) is 1.67. The number of benzene rings is 1. The van der Waals surface area contributed by atoms with Crippen molar-refractivity contribution in [2.45, 2.75) is 13.8 Å². The molecule has 17 heavy (non-hydrogen) atoms. The van der Waals surface area contributed by atoms with Crippen LogP contribution in [0.2, 0.25) is 0 Å². The second-order valence-corrected chi connectivity index (χ2v) is 3.73. The summed E-state index contributed by atoms with van der Waals surface area (Å²) in [4.78, 5) is 2.23. The topological polar surface area (TPSA) is 47.7 Å². The molecule has 96 valence electrons. The van der Waals surface area contributed by atoms with Gasteiger partial charge in [0.1, 0.15) is 5.75 Å². The Balaban J connectivity index is 2.84. The summed E-state index contributed by atoms with van der Waals surface area (Å²) in [6.07, 6.45) is 0. The van der Waals surface area contributed by atoms with Crippen molar-refractivity contribution in [1.29, 1.82) is 0 Å². The number of rotatable bonds is 7. The molecule has 0 heterocycles. The van der Waals surface area contributed by atoms with Gasteiger partial charge in [-0.25, -0.2) is 0 Å². The van der Waals surface area contributed by atoms with Crippen molar-refractivity contribution < 1.29 is 9.47 Å². The van der Waals surface area contributed by atoms with E-state index in [-0.39, 0.29) is 0 Å². The van der Waals surface area contributed by atoms with Crippen LogP contribution in [0.3, 0.4) is 0 Å². The maximum absolute atomic E-state index is 5.85. The third-order valence-electron chi connectivity index (χ3n) is 2.61. The molecular formula is C13H22N2O2. The minimum absolute atomic E-state index is 0.623. The highest BCUT2D eigenvalue weighted by molar-refractivity contribution is 5.62. The summed E-state index contributed by atoms with van der Waals surface area (Å²) in [6, 6.07) is 5.88. The first kappa shape index (κ1) is 13.6. The Morgan fingerprint density at radius 3 is 2.65 bits per heavy atom. The van der Waals surface area contributed by atoms with E-state index < -0.39 is 0 Å². The molecule has 0 atom stereocenters. The van der Waals surface area contributed by atoms with Crippen molar-refractivity contribution in [2.75, 3.05) is 44.0 Å². The van der Waals surface area contributed by atoms with Crippen LogP contribution in [0.1, 0.15) is 13.8 Å². The van der Waals surface area contributed by atoms with Crippen LogP contribution in [-0.4, -0.2) is 33.4 Å². The van der Waals surface area contributed by atoms with Gasteiger partial charge in [0.15, 0.2) is 0 Å². The Morgan fingerprint density at radius 2 is 2.06 bits per heavy atom. The molecule has 1 rings (SSSR count). The summed E-state index contributed by atoms with van der Waals surface area (Å²) in [5.41, 5.74) is 7.64. The van der Waals surface area contributed by atoms with E-state index in [2.05, 4.69) is 11.8 Å². The van der Waals surface area contributed by atoms with Crippen molar-refractivity contribution in [1.82, 2.24) is 0 Å². The quantitative estimate of drug-likeness (QED) is 0.739. The van der Waals surface area contributed by atoms with Crippen LogP contribution in [0.15, 0.2) is 18.2 Å². The maximum atomic E-state index is 5.85. The van der Waals surface area contributed by atoms with Crippen LogP contribution in [0.25, 0.3) is 0 Å². The van der Waals surface area contributed by atoms with Crippen LogP contribution < -0.4 is 15.4 Å². The molecule has 4 heteroatoms. The first-order chi connectivity index (χ1) is 8.22. The predicted molar refractivity (Wildman–Crippen MR) is 71.8 cm³/mol. The second kappa shape index (κ2) is 7.01. The molecule has 0 fully saturated rings. The zero-order valence-corrected chi connectivity index (χ0v) is 10.9. The van der Waals surface area contributed by atoms with Crippen molar-refractivity contribution in [2.24, 2.45) is 0 Å². The molecule has 1 aromatic rings. The highest BCUT2D eigenvalue weighted by Crippen LogP contribution is 2.27. The van der Waals surface area contributed by atoms with Gasteiger partial charge in [-0.05, 0) is 26.0 Å². The molecule has 0 amide bonds. The fourth-order valence-electron chi connectivity index (χ4n) is 1.67. The van der Waals surface area contributed by atoms with E-state index in [1.807, 2.05) is 25.1 Å². The number of anilines is 2. The van der Waals surface area contributed by atoms with Gasteiger partial charge in [0.05, 0.1) is 18.9 Å². The Labute approximate surface area is 103 Å². The van der Waals surface area contributed by atoms with E-state index in [0.717, 1.165) is 24.5 Å². The minimum Gasteiger partial charge on any atom is -0.492 e. The number of ether oxygens (including phenoxy) is 2. The van der Waals surface area contributed by atoms with E-state index in [1.54, 1.807) is 7.11 Å². The van der Waals surface area contributed by atoms with Gasteiger partial charge in [-0.3, -0.25) is 0 Å². The highest BCUT2D eigenvalue weighted by Gasteiger charge is 2.07. The standard InChI is InChI=1S/C13H22N2O2/c1-4-15(8-9-16-3)11-6-7-12(14)13(10-11)17-5-2/h6-7,10H,4-5,8-9,14H2,1-3H3. The van der Waals surface area contributed by atoms with Gasteiger partial charge >= 0.3 is 0 Å². The van der Waals surface area contributed by atoms with Crippen molar-refractivity contribution in [3.8, 4) is 5.75 Å². The zero-order chi connectivity index (χ0) is 12.7. The first-order valence-corrected chi connectivity index (χ1v) is 5.99. The van der Waals surface area contributed by atoms with Gasteiger partial charge in [-0.2, -0.15) is 0 Å². The third-order valence-corrected chi connectivity index (χ3v) is 2.61. The molecule has 0 aliphatic rings. The number of nitrogens with zero attached hydrogens (tertiary/aromatic N) is 1. The minimum atomic E-state index is 0.623. The summed E-state index contributed by atoms with van der Waals surface area (Å²) in [6.45, 7) is 7.20. The summed E-state index contributed by atoms with van der Waals surface area (Å²) in [7, 11) is 1.71. The monoisotopic (exact) mass is 238 g/mol. The Bertz CT molecular complexity index is 342. The molecule has 2 N–H and O–H groups in total. The molecule has 4 nitrogen and oxygen atoms in total. The number of nitrogens with two attached hydrogens (primary N) is 1. The lowest BCUT2D eigenvalue weighted by atomic mass is 10.2. The molecule has 0 aliphatic carbocycles. The van der Waals surface area contributed by atoms with Crippen LogP contribution in [0.4, 0.5) is 11.4 Å². The summed E-state index contributed by atoms with van der Waals surface area (Å²) in [5.74, 6) is 0.751. The van der Waals surface area contributed by atoms with Crippen molar-refractivity contribution >= 4 is 11.4 Å². The van der Waals surface area contributed by atoms with E-state index in [0.29, 0.717) is 18.9 Å². The normalized spacial score (nSPS) is 10.3. The fraction of sp³-hybridized carbons (Fsp3) is 0.538. The molecule has 0 spiro atoms. The lowest BCUT2D eigenvalue weighted by molar-refractivity contribution is 0.205. The molecule has 0 unspecified atom stereocenters. The van der Waals surface area contributed by atoms with E-state index >= 15 is 0 Å².